The van der Waals surface area contributed by atoms with E-state index in [1.54, 1.807) is 20.8 Å². The van der Waals surface area contributed by atoms with Gasteiger partial charge < -0.3 is 15.4 Å². The minimum Gasteiger partial charge on any atom is -0.460 e. The predicted molar refractivity (Wildman–Crippen MR) is 115 cm³/mol. The summed E-state index contributed by atoms with van der Waals surface area (Å²) < 4.78 is 5.31. The van der Waals surface area contributed by atoms with Gasteiger partial charge in [-0.1, -0.05) is 44.2 Å². The van der Waals surface area contributed by atoms with Crippen molar-refractivity contribution in [3.63, 3.8) is 0 Å². The number of carbonyl (C=O) groups excluding carboxylic acids is 3. The Balaban J connectivity index is 1.66. The molecule has 3 rings (SSSR count). The Kier molecular flexibility index (Phi) is 6.84. The van der Waals surface area contributed by atoms with E-state index >= 15 is 0 Å². The van der Waals surface area contributed by atoms with Crippen molar-refractivity contribution in [2.75, 3.05) is 0 Å². The van der Waals surface area contributed by atoms with Crippen molar-refractivity contribution in [3.05, 3.63) is 34.9 Å². The molecule has 30 heavy (non-hydrogen) atoms. The summed E-state index contributed by atoms with van der Waals surface area (Å²) >= 11 is 0. The van der Waals surface area contributed by atoms with Crippen molar-refractivity contribution in [1.82, 2.24) is 4.90 Å². The molecule has 2 aliphatic rings. The number of fused-ring (bicyclic) bond motifs is 1. The van der Waals surface area contributed by atoms with Crippen LogP contribution in [0.15, 0.2) is 18.2 Å². The Labute approximate surface area is 179 Å². The van der Waals surface area contributed by atoms with E-state index in [0.29, 0.717) is 12.1 Å². The summed E-state index contributed by atoms with van der Waals surface area (Å²) in [6, 6.07) is 5.20. The molecule has 6 heteroatoms. The van der Waals surface area contributed by atoms with Crippen LogP contribution in [0.25, 0.3) is 0 Å². The highest BCUT2D eigenvalue weighted by Crippen LogP contribution is 2.31. The Bertz CT molecular complexity index is 806. The maximum atomic E-state index is 12.9. The minimum absolute atomic E-state index is 0.0396. The van der Waals surface area contributed by atoms with Gasteiger partial charge in [0, 0.05) is 18.5 Å². The van der Waals surface area contributed by atoms with E-state index < -0.39 is 23.5 Å². The number of esters is 1. The molecule has 1 aliphatic carbocycles. The number of hydrogen-bond acceptors (Lipinski definition) is 4. The maximum absolute atomic E-state index is 12.9. The molecule has 1 aliphatic heterocycles. The normalized spacial score (nSPS) is 18.2. The quantitative estimate of drug-likeness (QED) is 0.688. The van der Waals surface area contributed by atoms with Crippen LogP contribution >= 0.6 is 0 Å². The minimum atomic E-state index is -0.820. The number of primary amides is 1. The number of nitrogens with two attached hydrogens (primary N) is 1. The van der Waals surface area contributed by atoms with E-state index in [1.165, 1.54) is 42.6 Å². The Morgan fingerprint density at radius 3 is 2.53 bits per heavy atom. The number of ether oxygens (including phenoxy) is 1. The van der Waals surface area contributed by atoms with Crippen molar-refractivity contribution in [2.24, 2.45) is 11.7 Å². The highest BCUT2D eigenvalue weighted by Gasteiger charge is 2.36. The topological polar surface area (TPSA) is 89.7 Å². The summed E-state index contributed by atoms with van der Waals surface area (Å²) in [5.74, 6) is -0.464. The van der Waals surface area contributed by atoms with Gasteiger partial charge >= 0.3 is 5.97 Å². The van der Waals surface area contributed by atoms with Crippen LogP contribution in [0.4, 0.5) is 0 Å². The van der Waals surface area contributed by atoms with Gasteiger partial charge in [-0.05, 0) is 56.7 Å². The fraction of sp³-hybridized carbons (Fsp3) is 0.625. The summed E-state index contributed by atoms with van der Waals surface area (Å²) in [6.07, 6.45) is 7.74. The first kappa shape index (κ1) is 22.3. The van der Waals surface area contributed by atoms with E-state index in [9.17, 15) is 14.4 Å². The van der Waals surface area contributed by atoms with Gasteiger partial charge in [0.25, 0.3) is 5.91 Å². The SMILES string of the molecule is CC(C)(C)OC(=O)CCC(C(N)=O)N1Cc2cc(CC3CCCCC3)ccc2C1=O. The first-order chi connectivity index (χ1) is 14.1. The second kappa shape index (κ2) is 9.19. The van der Waals surface area contributed by atoms with E-state index in [1.807, 2.05) is 12.1 Å². The van der Waals surface area contributed by atoms with E-state index in [0.717, 1.165) is 17.9 Å². The van der Waals surface area contributed by atoms with Crippen LogP contribution in [0.5, 0.6) is 0 Å². The Morgan fingerprint density at radius 1 is 1.20 bits per heavy atom. The van der Waals surface area contributed by atoms with Crippen LogP contribution in [0, 0.1) is 5.92 Å². The summed E-state index contributed by atoms with van der Waals surface area (Å²) in [6.45, 7) is 5.74. The number of carbonyl (C=O) groups is 3. The zero-order chi connectivity index (χ0) is 21.9. The number of nitrogens with zero attached hydrogens (tertiary/aromatic N) is 1. The molecule has 1 aromatic carbocycles. The molecular weight excluding hydrogens is 380 g/mol. The first-order valence-electron chi connectivity index (χ1n) is 11.1. The molecule has 1 heterocycles. The van der Waals surface area contributed by atoms with E-state index in [2.05, 4.69) is 6.07 Å². The molecule has 1 unspecified atom stereocenters. The fourth-order valence-electron chi connectivity index (χ4n) is 4.60. The maximum Gasteiger partial charge on any atom is 0.306 e. The fourth-order valence-corrected chi connectivity index (χ4v) is 4.60. The highest BCUT2D eigenvalue weighted by atomic mass is 16.6. The standard InChI is InChI=1S/C24H34N2O4/c1-24(2,3)30-21(27)12-11-20(22(25)28)26-15-18-14-17(9-10-19(18)23(26)29)13-16-7-5-4-6-8-16/h9-10,14,16,20H,4-8,11-13,15H2,1-3H3,(H2,25,28). The number of rotatable bonds is 7. The Hall–Kier alpha value is -2.37. The number of amides is 2. The van der Waals surface area contributed by atoms with Crippen molar-refractivity contribution < 1.29 is 19.1 Å². The van der Waals surface area contributed by atoms with Gasteiger partial charge in [0.15, 0.2) is 0 Å². The second-order valence-electron chi connectivity index (χ2n) is 9.68. The average molecular weight is 415 g/mol. The third kappa shape index (κ3) is 5.61. The molecule has 0 saturated heterocycles. The number of hydrogen-bond donors (Lipinski definition) is 1. The van der Waals surface area contributed by atoms with E-state index in [4.69, 9.17) is 10.5 Å². The van der Waals surface area contributed by atoms with Crippen LogP contribution in [0.2, 0.25) is 0 Å². The molecule has 1 fully saturated rings. The summed E-state index contributed by atoms with van der Waals surface area (Å²) in [5.41, 5.74) is 7.83. The Morgan fingerprint density at radius 2 is 1.90 bits per heavy atom. The first-order valence-corrected chi connectivity index (χ1v) is 11.1. The summed E-state index contributed by atoms with van der Waals surface area (Å²) in [7, 11) is 0. The monoisotopic (exact) mass is 414 g/mol. The zero-order valence-corrected chi connectivity index (χ0v) is 18.4. The third-order valence-corrected chi connectivity index (χ3v) is 6.00. The summed E-state index contributed by atoms with van der Waals surface area (Å²) in [4.78, 5) is 38.6. The molecule has 0 radical (unpaired) electrons. The largest absolute Gasteiger partial charge is 0.460 e. The van der Waals surface area contributed by atoms with Crippen LogP contribution < -0.4 is 5.73 Å². The molecule has 2 amide bonds. The molecule has 164 valence electrons. The number of benzene rings is 1. The molecule has 0 spiro atoms. The van der Waals surface area contributed by atoms with Crippen molar-refractivity contribution in [1.29, 1.82) is 0 Å². The van der Waals surface area contributed by atoms with Gasteiger partial charge in [-0.15, -0.1) is 0 Å². The van der Waals surface area contributed by atoms with E-state index in [-0.39, 0.29) is 18.7 Å². The smallest absolute Gasteiger partial charge is 0.306 e. The lowest BCUT2D eigenvalue weighted by Gasteiger charge is -2.25. The predicted octanol–water partition coefficient (Wildman–Crippen LogP) is 3.74. The van der Waals surface area contributed by atoms with Crippen LogP contribution in [-0.4, -0.2) is 34.3 Å². The molecule has 0 aromatic heterocycles. The lowest BCUT2D eigenvalue weighted by Crippen LogP contribution is -2.45. The zero-order valence-electron chi connectivity index (χ0n) is 18.4. The second-order valence-corrected chi connectivity index (χ2v) is 9.68. The van der Waals surface area contributed by atoms with Crippen molar-refractivity contribution in [3.8, 4) is 0 Å². The van der Waals surface area contributed by atoms with Crippen LogP contribution in [0.1, 0.15) is 87.2 Å². The molecule has 1 aromatic rings. The molecule has 0 bridgehead atoms. The van der Waals surface area contributed by atoms with Gasteiger partial charge in [-0.3, -0.25) is 14.4 Å². The molecule has 6 nitrogen and oxygen atoms in total. The molecule has 2 N–H and O–H groups in total. The van der Waals surface area contributed by atoms with Gasteiger partial charge in [-0.2, -0.15) is 0 Å². The lowest BCUT2D eigenvalue weighted by molar-refractivity contribution is -0.155. The van der Waals surface area contributed by atoms with Crippen molar-refractivity contribution in [2.45, 2.75) is 90.3 Å². The van der Waals surface area contributed by atoms with Gasteiger partial charge in [0.05, 0.1) is 0 Å². The van der Waals surface area contributed by atoms with Crippen LogP contribution in [0.3, 0.4) is 0 Å². The molecular formula is C24H34N2O4. The lowest BCUT2D eigenvalue weighted by atomic mass is 9.84. The van der Waals surface area contributed by atoms with Gasteiger partial charge in [0.1, 0.15) is 11.6 Å². The van der Waals surface area contributed by atoms with Gasteiger partial charge in [-0.25, -0.2) is 0 Å². The van der Waals surface area contributed by atoms with Crippen molar-refractivity contribution >= 4 is 17.8 Å². The highest BCUT2D eigenvalue weighted by molar-refractivity contribution is 6.01. The molecule has 1 saturated carbocycles. The third-order valence-electron chi connectivity index (χ3n) is 6.00. The molecule has 1 atom stereocenters. The summed E-state index contributed by atoms with van der Waals surface area (Å²) in [5, 5.41) is 0. The van der Waals surface area contributed by atoms with Gasteiger partial charge in [0.2, 0.25) is 5.91 Å². The average Bonchev–Trinajstić information content (AvgIpc) is 2.97. The van der Waals surface area contributed by atoms with Crippen LogP contribution in [-0.2, 0) is 27.3 Å².